The molecule has 1 aliphatic rings. The van der Waals surface area contributed by atoms with Gasteiger partial charge in [0, 0.05) is 42.5 Å². The summed E-state index contributed by atoms with van der Waals surface area (Å²) in [5, 5.41) is 5.63. The Bertz CT molecular complexity index is 840. The van der Waals surface area contributed by atoms with Crippen LogP contribution < -0.4 is 10.6 Å². The lowest BCUT2D eigenvalue weighted by Crippen LogP contribution is -2.21. The van der Waals surface area contributed by atoms with Crippen LogP contribution in [0.5, 0.6) is 0 Å². The molecule has 0 heterocycles. The number of nitrogens with zero attached hydrogens (tertiary/aromatic N) is 1. The quantitative estimate of drug-likeness (QED) is 0.869. The summed E-state index contributed by atoms with van der Waals surface area (Å²) in [6.07, 6.45) is 1.86. The maximum atomic E-state index is 12.4. The zero-order valence-electron chi connectivity index (χ0n) is 14.8. The van der Waals surface area contributed by atoms with Crippen molar-refractivity contribution < 1.29 is 14.4 Å². The van der Waals surface area contributed by atoms with Crippen molar-refractivity contribution in [3.8, 4) is 0 Å². The summed E-state index contributed by atoms with van der Waals surface area (Å²) in [4.78, 5) is 37.6. The van der Waals surface area contributed by atoms with Crippen LogP contribution in [-0.4, -0.2) is 36.7 Å². The Morgan fingerprint density at radius 3 is 2.19 bits per heavy atom. The van der Waals surface area contributed by atoms with E-state index in [1.54, 1.807) is 62.6 Å². The Morgan fingerprint density at radius 2 is 1.58 bits per heavy atom. The smallest absolute Gasteiger partial charge is 0.255 e. The minimum absolute atomic E-state index is 0.00343. The molecule has 0 atom stereocenters. The van der Waals surface area contributed by atoms with Crippen molar-refractivity contribution >= 4 is 29.1 Å². The van der Waals surface area contributed by atoms with Crippen LogP contribution in [0.2, 0.25) is 0 Å². The highest BCUT2D eigenvalue weighted by molar-refractivity contribution is 6.05. The third kappa shape index (κ3) is 4.27. The first kappa shape index (κ1) is 17.7. The van der Waals surface area contributed by atoms with Crippen LogP contribution in [-0.2, 0) is 4.79 Å². The number of carbonyl (C=O) groups is 3. The summed E-state index contributed by atoms with van der Waals surface area (Å²) in [7, 11) is 3.38. The Kier molecular flexibility index (Phi) is 5.02. The minimum Gasteiger partial charge on any atom is -0.345 e. The standard InChI is InChI=1S/C20H21N3O3/c1-23(2)20(26)14-8-10-16(11-9-14)21-19(25)15-4-3-5-17(12-15)22-18(24)13-6-7-13/h3-5,8-13H,6-7H2,1-2H3,(H,21,25)(H,22,24). The van der Waals surface area contributed by atoms with Crippen LogP contribution in [0.4, 0.5) is 11.4 Å². The molecule has 3 rings (SSSR count). The lowest BCUT2D eigenvalue weighted by atomic mass is 10.1. The molecule has 3 amide bonds. The first-order chi connectivity index (χ1) is 12.4. The van der Waals surface area contributed by atoms with Gasteiger partial charge in [-0.15, -0.1) is 0 Å². The van der Waals surface area contributed by atoms with Gasteiger partial charge in [-0.1, -0.05) is 6.07 Å². The molecule has 0 unspecified atom stereocenters. The molecule has 2 aromatic carbocycles. The number of hydrogen-bond donors (Lipinski definition) is 2. The van der Waals surface area contributed by atoms with Gasteiger partial charge in [0.1, 0.15) is 0 Å². The summed E-state index contributed by atoms with van der Waals surface area (Å²) in [5.41, 5.74) is 2.21. The summed E-state index contributed by atoms with van der Waals surface area (Å²) in [6, 6.07) is 13.6. The zero-order valence-corrected chi connectivity index (χ0v) is 14.8. The highest BCUT2D eigenvalue weighted by atomic mass is 16.2. The monoisotopic (exact) mass is 351 g/mol. The number of nitrogens with one attached hydrogen (secondary N) is 2. The van der Waals surface area contributed by atoms with E-state index in [1.165, 1.54) is 4.90 Å². The third-order valence-electron chi connectivity index (χ3n) is 4.14. The van der Waals surface area contributed by atoms with Crippen LogP contribution >= 0.6 is 0 Å². The normalized spacial score (nSPS) is 13.0. The van der Waals surface area contributed by atoms with Crippen molar-refractivity contribution in [1.82, 2.24) is 4.90 Å². The maximum Gasteiger partial charge on any atom is 0.255 e. The van der Waals surface area contributed by atoms with E-state index in [0.29, 0.717) is 22.5 Å². The Hall–Kier alpha value is -3.15. The fourth-order valence-electron chi connectivity index (χ4n) is 2.49. The van der Waals surface area contributed by atoms with Crippen molar-refractivity contribution in [2.45, 2.75) is 12.8 Å². The molecule has 134 valence electrons. The van der Waals surface area contributed by atoms with Crippen molar-refractivity contribution in [2.24, 2.45) is 5.92 Å². The third-order valence-corrected chi connectivity index (χ3v) is 4.14. The van der Waals surface area contributed by atoms with Gasteiger partial charge in [0.15, 0.2) is 0 Å². The van der Waals surface area contributed by atoms with Crippen molar-refractivity contribution in [3.63, 3.8) is 0 Å². The fourth-order valence-corrected chi connectivity index (χ4v) is 2.49. The van der Waals surface area contributed by atoms with Gasteiger partial charge in [-0.05, 0) is 55.3 Å². The molecule has 26 heavy (non-hydrogen) atoms. The molecule has 6 heteroatoms. The molecule has 0 aliphatic heterocycles. The highest BCUT2D eigenvalue weighted by Gasteiger charge is 2.29. The number of benzene rings is 2. The molecule has 2 N–H and O–H groups in total. The number of rotatable bonds is 5. The molecule has 6 nitrogen and oxygen atoms in total. The molecule has 0 saturated heterocycles. The predicted octanol–water partition coefficient (Wildman–Crippen LogP) is 2.99. The second-order valence-corrected chi connectivity index (χ2v) is 6.58. The number of anilines is 2. The summed E-state index contributed by atoms with van der Waals surface area (Å²) < 4.78 is 0. The predicted molar refractivity (Wildman–Crippen MR) is 100 cm³/mol. The molecule has 1 saturated carbocycles. The maximum absolute atomic E-state index is 12.4. The van der Waals surface area contributed by atoms with E-state index in [4.69, 9.17) is 0 Å². The topological polar surface area (TPSA) is 78.5 Å². The van der Waals surface area contributed by atoms with Crippen LogP contribution in [0.25, 0.3) is 0 Å². The van der Waals surface area contributed by atoms with Gasteiger partial charge in [-0.25, -0.2) is 0 Å². The first-order valence-corrected chi connectivity index (χ1v) is 8.48. The SMILES string of the molecule is CN(C)C(=O)c1ccc(NC(=O)c2cccc(NC(=O)C3CC3)c2)cc1. The second kappa shape index (κ2) is 7.39. The van der Waals surface area contributed by atoms with Gasteiger partial charge in [0.05, 0.1) is 0 Å². The van der Waals surface area contributed by atoms with Gasteiger partial charge >= 0.3 is 0 Å². The van der Waals surface area contributed by atoms with E-state index in [0.717, 1.165) is 12.8 Å². The zero-order chi connectivity index (χ0) is 18.7. The molecule has 0 aromatic heterocycles. The molecule has 2 aromatic rings. The number of hydrogen-bond acceptors (Lipinski definition) is 3. The Morgan fingerprint density at radius 1 is 0.885 bits per heavy atom. The Balaban J connectivity index is 1.66. The molecular weight excluding hydrogens is 330 g/mol. The van der Waals surface area contributed by atoms with Crippen LogP contribution in [0.3, 0.4) is 0 Å². The molecule has 1 fully saturated rings. The van der Waals surface area contributed by atoms with Crippen LogP contribution in [0.15, 0.2) is 48.5 Å². The minimum atomic E-state index is -0.279. The second-order valence-electron chi connectivity index (χ2n) is 6.58. The number of carbonyl (C=O) groups excluding carboxylic acids is 3. The fraction of sp³-hybridized carbons (Fsp3) is 0.250. The van der Waals surface area contributed by atoms with E-state index in [1.807, 2.05) is 0 Å². The van der Waals surface area contributed by atoms with Gasteiger partial charge in [0.25, 0.3) is 11.8 Å². The summed E-state index contributed by atoms with van der Waals surface area (Å²) in [5.74, 6) is -0.263. The average molecular weight is 351 g/mol. The molecule has 0 bridgehead atoms. The number of amides is 3. The van der Waals surface area contributed by atoms with Gasteiger partial charge in [-0.2, -0.15) is 0 Å². The molecule has 1 aliphatic carbocycles. The van der Waals surface area contributed by atoms with E-state index in [2.05, 4.69) is 10.6 Å². The largest absolute Gasteiger partial charge is 0.345 e. The van der Waals surface area contributed by atoms with Gasteiger partial charge in [-0.3, -0.25) is 14.4 Å². The molecule has 0 radical (unpaired) electrons. The summed E-state index contributed by atoms with van der Waals surface area (Å²) in [6.45, 7) is 0. The summed E-state index contributed by atoms with van der Waals surface area (Å²) >= 11 is 0. The van der Waals surface area contributed by atoms with Gasteiger partial charge in [0.2, 0.25) is 5.91 Å². The van der Waals surface area contributed by atoms with Crippen molar-refractivity contribution in [3.05, 3.63) is 59.7 Å². The van der Waals surface area contributed by atoms with Crippen LogP contribution in [0, 0.1) is 5.92 Å². The molecule has 0 spiro atoms. The van der Waals surface area contributed by atoms with E-state index >= 15 is 0 Å². The Labute approximate surface area is 152 Å². The van der Waals surface area contributed by atoms with Gasteiger partial charge < -0.3 is 15.5 Å². The highest BCUT2D eigenvalue weighted by Crippen LogP contribution is 2.30. The lowest BCUT2D eigenvalue weighted by Gasteiger charge is -2.11. The van der Waals surface area contributed by atoms with Crippen molar-refractivity contribution in [2.75, 3.05) is 24.7 Å². The van der Waals surface area contributed by atoms with Crippen LogP contribution in [0.1, 0.15) is 33.6 Å². The van der Waals surface area contributed by atoms with Crippen molar-refractivity contribution in [1.29, 1.82) is 0 Å². The lowest BCUT2D eigenvalue weighted by molar-refractivity contribution is -0.117. The first-order valence-electron chi connectivity index (χ1n) is 8.48. The van der Waals surface area contributed by atoms with E-state index < -0.39 is 0 Å². The van der Waals surface area contributed by atoms with E-state index in [9.17, 15) is 14.4 Å². The average Bonchev–Trinajstić information content (AvgIpc) is 3.47. The van der Waals surface area contributed by atoms with E-state index in [-0.39, 0.29) is 23.6 Å². The molecular formula is C20H21N3O3.